The Balaban J connectivity index is 3.86. The first kappa shape index (κ1) is 14.9. The molecule has 4 heteroatoms. The molecule has 0 aromatic carbocycles. The summed E-state index contributed by atoms with van der Waals surface area (Å²) in [5, 5.41) is 0. The van der Waals surface area contributed by atoms with E-state index in [1.165, 1.54) is 0 Å². The molecule has 0 bridgehead atoms. The van der Waals surface area contributed by atoms with Crippen LogP contribution in [0.1, 0.15) is 40.5 Å². The second-order valence-corrected chi connectivity index (χ2v) is 3.88. The maximum absolute atomic E-state index is 11.3. The van der Waals surface area contributed by atoms with Crippen molar-refractivity contribution in [3.8, 4) is 0 Å². The number of ether oxygens (including phenoxy) is 2. The van der Waals surface area contributed by atoms with E-state index in [1.54, 1.807) is 13.8 Å². The van der Waals surface area contributed by atoms with Gasteiger partial charge in [0.05, 0.1) is 25.0 Å². The molecule has 0 aliphatic carbocycles. The van der Waals surface area contributed by atoms with Crippen LogP contribution in [0.15, 0.2) is 0 Å². The summed E-state index contributed by atoms with van der Waals surface area (Å²) in [6.45, 7) is 8.00. The minimum Gasteiger partial charge on any atom is -0.466 e. The lowest BCUT2D eigenvalue weighted by Crippen LogP contribution is -2.19. The van der Waals surface area contributed by atoms with Crippen LogP contribution in [0.4, 0.5) is 0 Å². The Hall–Kier alpha value is -1.06. The first-order chi connectivity index (χ1) is 7.52. The van der Waals surface area contributed by atoms with Crippen LogP contribution in [-0.4, -0.2) is 25.2 Å². The Bertz CT molecular complexity index is 201. The number of hydrogen-bond acceptors (Lipinski definition) is 4. The molecule has 0 amide bonds. The van der Waals surface area contributed by atoms with Gasteiger partial charge in [-0.3, -0.25) is 9.59 Å². The number of carbonyl (C=O) groups is 2. The van der Waals surface area contributed by atoms with Crippen molar-refractivity contribution >= 4 is 11.9 Å². The molecule has 94 valence electrons. The highest BCUT2D eigenvalue weighted by molar-refractivity contribution is 5.73. The molecule has 0 N–H and O–H groups in total. The normalized spacial score (nSPS) is 14.0. The van der Waals surface area contributed by atoms with Gasteiger partial charge in [-0.05, 0) is 26.7 Å². The highest BCUT2D eigenvalue weighted by Crippen LogP contribution is 2.14. The SMILES string of the molecule is CCOC(=O)[C@H](C)CC[C@H](C)C(=O)OCC. The predicted molar refractivity (Wildman–Crippen MR) is 60.8 cm³/mol. The fraction of sp³-hybridized carbons (Fsp3) is 0.833. The quantitative estimate of drug-likeness (QED) is 0.629. The van der Waals surface area contributed by atoms with Crippen molar-refractivity contribution in [2.24, 2.45) is 11.8 Å². The van der Waals surface area contributed by atoms with Crippen LogP contribution >= 0.6 is 0 Å². The first-order valence-electron chi connectivity index (χ1n) is 5.86. The number of hydrogen-bond donors (Lipinski definition) is 0. The second-order valence-electron chi connectivity index (χ2n) is 3.88. The van der Waals surface area contributed by atoms with Crippen LogP contribution in [0.25, 0.3) is 0 Å². The summed E-state index contributed by atoms with van der Waals surface area (Å²) in [7, 11) is 0. The zero-order chi connectivity index (χ0) is 12.6. The summed E-state index contributed by atoms with van der Waals surface area (Å²) in [6, 6.07) is 0. The molecule has 0 saturated heterocycles. The standard InChI is InChI=1S/C12H22O4/c1-5-15-11(13)9(3)7-8-10(4)12(14)16-6-2/h9-10H,5-8H2,1-4H3/t9-,10+. The third kappa shape index (κ3) is 5.73. The topological polar surface area (TPSA) is 52.6 Å². The molecule has 16 heavy (non-hydrogen) atoms. The van der Waals surface area contributed by atoms with Gasteiger partial charge in [-0.2, -0.15) is 0 Å². The fourth-order valence-corrected chi connectivity index (χ4v) is 1.30. The zero-order valence-electron chi connectivity index (χ0n) is 10.6. The summed E-state index contributed by atoms with van der Waals surface area (Å²) in [6.07, 6.45) is 1.30. The van der Waals surface area contributed by atoms with E-state index >= 15 is 0 Å². The van der Waals surface area contributed by atoms with Gasteiger partial charge >= 0.3 is 11.9 Å². The van der Waals surface area contributed by atoms with Gasteiger partial charge in [-0.15, -0.1) is 0 Å². The van der Waals surface area contributed by atoms with Crippen molar-refractivity contribution in [3.63, 3.8) is 0 Å². The Morgan fingerprint density at radius 1 is 0.875 bits per heavy atom. The smallest absolute Gasteiger partial charge is 0.308 e. The molecule has 2 atom stereocenters. The minimum absolute atomic E-state index is 0.156. The number of rotatable bonds is 7. The Labute approximate surface area is 97.3 Å². The molecule has 0 aromatic rings. The van der Waals surface area contributed by atoms with Crippen LogP contribution in [0.2, 0.25) is 0 Å². The second kappa shape index (κ2) is 8.13. The van der Waals surface area contributed by atoms with Crippen LogP contribution in [0, 0.1) is 11.8 Å². The Morgan fingerprint density at radius 2 is 1.19 bits per heavy atom. The highest BCUT2D eigenvalue weighted by Gasteiger charge is 2.19. The lowest BCUT2D eigenvalue weighted by Gasteiger charge is -2.13. The van der Waals surface area contributed by atoms with E-state index in [1.807, 2.05) is 13.8 Å². The van der Waals surface area contributed by atoms with Crippen molar-refractivity contribution in [1.29, 1.82) is 0 Å². The van der Waals surface area contributed by atoms with Crippen LogP contribution < -0.4 is 0 Å². The highest BCUT2D eigenvalue weighted by atomic mass is 16.5. The zero-order valence-corrected chi connectivity index (χ0v) is 10.6. The Morgan fingerprint density at radius 3 is 1.44 bits per heavy atom. The number of carbonyl (C=O) groups excluding carboxylic acids is 2. The van der Waals surface area contributed by atoms with Crippen molar-refractivity contribution in [2.45, 2.75) is 40.5 Å². The molecule has 0 spiro atoms. The summed E-state index contributed by atoms with van der Waals surface area (Å²) >= 11 is 0. The Kier molecular flexibility index (Phi) is 7.60. The van der Waals surface area contributed by atoms with E-state index in [-0.39, 0.29) is 23.8 Å². The van der Waals surface area contributed by atoms with Crippen molar-refractivity contribution in [1.82, 2.24) is 0 Å². The molecule has 0 fully saturated rings. The van der Waals surface area contributed by atoms with E-state index in [4.69, 9.17) is 9.47 Å². The van der Waals surface area contributed by atoms with Gasteiger partial charge in [-0.25, -0.2) is 0 Å². The molecule has 0 heterocycles. The van der Waals surface area contributed by atoms with Gasteiger partial charge in [0.1, 0.15) is 0 Å². The molecular formula is C12H22O4. The summed E-state index contributed by atoms with van der Waals surface area (Å²) in [4.78, 5) is 22.6. The number of esters is 2. The third-order valence-corrected chi connectivity index (χ3v) is 2.41. The molecule has 0 unspecified atom stereocenters. The van der Waals surface area contributed by atoms with Crippen molar-refractivity contribution in [3.05, 3.63) is 0 Å². The van der Waals surface area contributed by atoms with Crippen LogP contribution in [-0.2, 0) is 19.1 Å². The van der Waals surface area contributed by atoms with E-state index in [2.05, 4.69) is 0 Å². The van der Waals surface area contributed by atoms with E-state index in [9.17, 15) is 9.59 Å². The van der Waals surface area contributed by atoms with Gasteiger partial charge in [0, 0.05) is 0 Å². The predicted octanol–water partition coefficient (Wildman–Crippen LogP) is 2.17. The molecule has 0 aromatic heterocycles. The van der Waals surface area contributed by atoms with Crippen molar-refractivity contribution < 1.29 is 19.1 Å². The molecule has 0 radical (unpaired) electrons. The third-order valence-electron chi connectivity index (χ3n) is 2.41. The lowest BCUT2D eigenvalue weighted by atomic mass is 9.98. The van der Waals surface area contributed by atoms with Gasteiger partial charge in [0.15, 0.2) is 0 Å². The maximum Gasteiger partial charge on any atom is 0.308 e. The molecule has 0 aliphatic rings. The van der Waals surface area contributed by atoms with Gasteiger partial charge in [-0.1, -0.05) is 13.8 Å². The molecule has 0 aliphatic heterocycles. The minimum atomic E-state index is -0.196. The van der Waals surface area contributed by atoms with Crippen molar-refractivity contribution in [2.75, 3.05) is 13.2 Å². The first-order valence-corrected chi connectivity index (χ1v) is 5.86. The van der Waals surface area contributed by atoms with E-state index < -0.39 is 0 Å². The monoisotopic (exact) mass is 230 g/mol. The largest absolute Gasteiger partial charge is 0.466 e. The van der Waals surface area contributed by atoms with Crippen LogP contribution in [0.3, 0.4) is 0 Å². The fourth-order valence-electron chi connectivity index (χ4n) is 1.30. The maximum atomic E-state index is 11.3. The molecular weight excluding hydrogens is 208 g/mol. The van der Waals surface area contributed by atoms with Gasteiger partial charge in [0.2, 0.25) is 0 Å². The van der Waals surface area contributed by atoms with E-state index in [0.717, 1.165) is 0 Å². The average molecular weight is 230 g/mol. The summed E-state index contributed by atoms with van der Waals surface area (Å²) < 4.78 is 9.78. The average Bonchev–Trinajstić information content (AvgIpc) is 2.25. The molecule has 0 saturated carbocycles. The van der Waals surface area contributed by atoms with Gasteiger partial charge in [0.25, 0.3) is 0 Å². The van der Waals surface area contributed by atoms with Gasteiger partial charge < -0.3 is 9.47 Å². The van der Waals surface area contributed by atoms with Crippen LogP contribution in [0.5, 0.6) is 0 Å². The van der Waals surface area contributed by atoms with E-state index in [0.29, 0.717) is 26.1 Å². The summed E-state index contributed by atoms with van der Waals surface area (Å²) in [5.74, 6) is -0.703. The molecule has 4 nitrogen and oxygen atoms in total. The summed E-state index contributed by atoms with van der Waals surface area (Å²) in [5.41, 5.74) is 0. The lowest BCUT2D eigenvalue weighted by molar-refractivity contribution is -0.150. The molecule has 0 rings (SSSR count).